The van der Waals surface area contributed by atoms with Gasteiger partial charge in [0.15, 0.2) is 5.69 Å². The molecule has 1 fully saturated rings. The molecule has 1 aliphatic heterocycles. The third-order valence-corrected chi connectivity index (χ3v) is 4.36. The van der Waals surface area contributed by atoms with Gasteiger partial charge in [-0.2, -0.15) is 5.10 Å². The number of aromatic nitrogens is 2. The number of amides is 1. The molecule has 0 aromatic carbocycles. The quantitative estimate of drug-likeness (QED) is 0.700. The molecule has 1 amide bonds. The first-order valence-corrected chi connectivity index (χ1v) is 8.46. The molecule has 2 heterocycles. The molecule has 0 unspecified atom stereocenters. The molecule has 4 N–H and O–H groups in total. The molecule has 2 rings (SSSR count). The maximum absolute atomic E-state index is 12.2. The van der Waals surface area contributed by atoms with E-state index in [4.69, 9.17) is 9.88 Å². The number of aryl methyl sites for hydroxylation is 1. The van der Waals surface area contributed by atoms with Crippen molar-refractivity contribution >= 4 is 15.9 Å². The highest BCUT2D eigenvalue weighted by Crippen LogP contribution is 2.19. The molecule has 21 heavy (non-hydrogen) atoms. The summed E-state index contributed by atoms with van der Waals surface area (Å²) in [6.45, 7) is 3.05. The molecule has 118 valence electrons. The second-order valence-electron chi connectivity index (χ2n) is 5.04. The highest BCUT2D eigenvalue weighted by molar-refractivity contribution is 7.89. The van der Waals surface area contributed by atoms with Crippen LogP contribution >= 0.6 is 0 Å². The van der Waals surface area contributed by atoms with Gasteiger partial charge >= 0.3 is 0 Å². The second-order valence-corrected chi connectivity index (χ2v) is 6.53. The van der Waals surface area contributed by atoms with Gasteiger partial charge in [-0.3, -0.25) is 9.89 Å². The van der Waals surface area contributed by atoms with Gasteiger partial charge in [0, 0.05) is 19.3 Å². The maximum atomic E-state index is 12.2. The Hall–Kier alpha value is -1.45. The van der Waals surface area contributed by atoms with Crippen molar-refractivity contribution in [3.8, 4) is 0 Å². The van der Waals surface area contributed by atoms with E-state index < -0.39 is 15.9 Å². The zero-order chi connectivity index (χ0) is 15.5. The Bertz CT molecular complexity index is 605. The van der Waals surface area contributed by atoms with E-state index in [9.17, 15) is 13.2 Å². The predicted molar refractivity (Wildman–Crippen MR) is 75.3 cm³/mol. The topological polar surface area (TPSA) is 127 Å². The highest BCUT2D eigenvalue weighted by atomic mass is 32.2. The smallest absolute Gasteiger partial charge is 0.273 e. The molecule has 0 aliphatic carbocycles. The van der Waals surface area contributed by atoms with Gasteiger partial charge in [-0.25, -0.2) is 13.6 Å². The molecule has 0 spiro atoms. The number of hydrogen-bond donors (Lipinski definition) is 3. The normalized spacial score (nSPS) is 16.9. The first-order valence-electron chi connectivity index (χ1n) is 6.92. The Morgan fingerprint density at radius 2 is 2.14 bits per heavy atom. The van der Waals surface area contributed by atoms with Crippen LogP contribution in [0.15, 0.2) is 4.90 Å². The zero-order valence-electron chi connectivity index (χ0n) is 11.9. The molecule has 0 bridgehead atoms. The van der Waals surface area contributed by atoms with Crippen LogP contribution in [0.25, 0.3) is 0 Å². The van der Waals surface area contributed by atoms with E-state index >= 15 is 0 Å². The van der Waals surface area contributed by atoms with E-state index in [1.54, 1.807) is 0 Å². The predicted octanol–water partition coefficient (Wildman–Crippen LogP) is -0.0816. The van der Waals surface area contributed by atoms with Crippen molar-refractivity contribution in [1.82, 2.24) is 15.5 Å². The van der Waals surface area contributed by atoms with Gasteiger partial charge in [0.05, 0.1) is 5.69 Å². The summed E-state index contributed by atoms with van der Waals surface area (Å²) in [6, 6.07) is -0.0362. The van der Waals surface area contributed by atoms with E-state index in [2.05, 4.69) is 15.5 Å². The van der Waals surface area contributed by atoms with Crippen molar-refractivity contribution in [3.63, 3.8) is 0 Å². The Labute approximate surface area is 123 Å². The lowest BCUT2D eigenvalue weighted by Crippen LogP contribution is -2.39. The maximum Gasteiger partial charge on any atom is 0.273 e. The van der Waals surface area contributed by atoms with Gasteiger partial charge in [-0.15, -0.1) is 0 Å². The van der Waals surface area contributed by atoms with Crippen molar-refractivity contribution in [1.29, 1.82) is 0 Å². The number of hydrogen-bond acceptors (Lipinski definition) is 5. The van der Waals surface area contributed by atoms with E-state index in [0.717, 1.165) is 0 Å². The molecular formula is C12H20N4O4S. The minimum absolute atomic E-state index is 0.0362. The molecule has 1 aliphatic rings. The number of nitrogens with two attached hydrogens (primary N) is 1. The van der Waals surface area contributed by atoms with Crippen LogP contribution in [0.5, 0.6) is 0 Å². The van der Waals surface area contributed by atoms with Crippen LogP contribution in [-0.2, 0) is 21.2 Å². The Morgan fingerprint density at radius 3 is 2.71 bits per heavy atom. The third-order valence-electron chi connectivity index (χ3n) is 3.35. The van der Waals surface area contributed by atoms with Crippen molar-refractivity contribution in [2.45, 2.75) is 43.5 Å². The fraction of sp³-hybridized carbons (Fsp3) is 0.667. The van der Waals surface area contributed by atoms with Crippen LogP contribution in [0.2, 0.25) is 0 Å². The molecule has 0 radical (unpaired) electrons. The van der Waals surface area contributed by atoms with Gasteiger partial charge in [-0.1, -0.05) is 13.3 Å². The average Bonchev–Trinajstić information content (AvgIpc) is 2.84. The lowest BCUT2D eigenvalue weighted by molar-refractivity contribution is 0.0692. The van der Waals surface area contributed by atoms with Crippen LogP contribution in [0, 0.1) is 0 Å². The molecule has 1 aromatic heterocycles. The van der Waals surface area contributed by atoms with Crippen LogP contribution in [0.3, 0.4) is 0 Å². The molecule has 0 atom stereocenters. The summed E-state index contributed by atoms with van der Waals surface area (Å²) in [5.41, 5.74) is 0.213. The van der Waals surface area contributed by atoms with Crippen LogP contribution in [0.4, 0.5) is 0 Å². The average molecular weight is 316 g/mol. The van der Waals surface area contributed by atoms with Crippen LogP contribution in [-0.4, -0.2) is 43.8 Å². The van der Waals surface area contributed by atoms with Crippen molar-refractivity contribution < 1.29 is 17.9 Å². The Balaban J connectivity index is 2.24. The van der Waals surface area contributed by atoms with Gasteiger partial charge < -0.3 is 10.1 Å². The van der Waals surface area contributed by atoms with Gasteiger partial charge in [0.1, 0.15) is 4.90 Å². The van der Waals surface area contributed by atoms with Gasteiger partial charge in [0.2, 0.25) is 10.0 Å². The largest absolute Gasteiger partial charge is 0.381 e. The molecular weight excluding hydrogens is 296 g/mol. The first-order chi connectivity index (χ1) is 9.93. The fourth-order valence-corrected chi connectivity index (χ4v) is 3.24. The first kappa shape index (κ1) is 15.9. The van der Waals surface area contributed by atoms with E-state index in [-0.39, 0.29) is 16.6 Å². The molecule has 0 saturated carbocycles. The highest BCUT2D eigenvalue weighted by Gasteiger charge is 2.28. The van der Waals surface area contributed by atoms with Crippen LogP contribution < -0.4 is 10.5 Å². The Kier molecular flexibility index (Phi) is 4.96. The van der Waals surface area contributed by atoms with E-state index in [0.29, 0.717) is 44.6 Å². The summed E-state index contributed by atoms with van der Waals surface area (Å²) in [5.74, 6) is -0.524. The monoisotopic (exact) mass is 316 g/mol. The number of carbonyl (C=O) groups excluding carboxylic acids is 1. The number of H-pyrrole nitrogens is 1. The van der Waals surface area contributed by atoms with Crippen molar-refractivity contribution in [2.75, 3.05) is 13.2 Å². The second kappa shape index (κ2) is 6.54. The summed E-state index contributed by atoms with van der Waals surface area (Å²) < 4.78 is 28.7. The molecule has 9 heteroatoms. The van der Waals surface area contributed by atoms with Gasteiger partial charge in [-0.05, 0) is 19.3 Å². The number of nitrogens with zero attached hydrogens (tertiary/aromatic N) is 1. The number of ether oxygens (including phenoxy) is 1. The minimum Gasteiger partial charge on any atom is -0.381 e. The lowest BCUT2D eigenvalue weighted by Gasteiger charge is -2.22. The summed E-state index contributed by atoms with van der Waals surface area (Å²) in [7, 11) is -4.01. The van der Waals surface area contributed by atoms with Crippen molar-refractivity contribution in [2.24, 2.45) is 5.14 Å². The molecule has 8 nitrogen and oxygen atoms in total. The molecule has 1 saturated heterocycles. The fourth-order valence-electron chi connectivity index (χ4n) is 2.34. The summed E-state index contributed by atoms with van der Waals surface area (Å²) >= 11 is 0. The summed E-state index contributed by atoms with van der Waals surface area (Å²) in [5, 5.41) is 14.4. The van der Waals surface area contributed by atoms with Gasteiger partial charge in [0.25, 0.3) is 5.91 Å². The SMILES string of the molecule is CCCc1[nH]nc(C(=O)NC2CCOCC2)c1S(N)(=O)=O. The number of primary sulfonamides is 1. The number of nitrogens with one attached hydrogen (secondary N) is 2. The molecule has 1 aromatic rings. The minimum atomic E-state index is -4.01. The Morgan fingerprint density at radius 1 is 1.48 bits per heavy atom. The lowest BCUT2D eigenvalue weighted by atomic mass is 10.1. The zero-order valence-corrected chi connectivity index (χ0v) is 12.7. The number of carbonyl (C=O) groups is 1. The number of rotatable bonds is 5. The third kappa shape index (κ3) is 3.80. The number of aromatic amines is 1. The summed E-state index contributed by atoms with van der Waals surface area (Å²) in [6.07, 6.45) is 2.57. The number of sulfonamides is 1. The summed E-state index contributed by atoms with van der Waals surface area (Å²) in [4.78, 5) is 12.0. The standard InChI is InChI=1S/C12H20N4O4S/c1-2-3-9-11(21(13,18)19)10(16-15-9)12(17)14-8-4-6-20-7-5-8/h8H,2-7H2,1H3,(H,14,17)(H,15,16)(H2,13,18,19). The van der Waals surface area contributed by atoms with Crippen molar-refractivity contribution in [3.05, 3.63) is 11.4 Å². The van der Waals surface area contributed by atoms with E-state index in [1.807, 2.05) is 6.92 Å². The van der Waals surface area contributed by atoms with Crippen LogP contribution in [0.1, 0.15) is 42.4 Å². The van der Waals surface area contributed by atoms with E-state index in [1.165, 1.54) is 0 Å².